The first-order chi connectivity index (χ1) is 10.3. The van der Waals surface area contributed by atoms with Crippen LogP contribution in [0.25, 0.3) is 10.9 Å². The van der Waals surface area contributed by atoms with Gasteiger partial charge in [-0.1, -0.05) is 19.3 Å². The van der Waals surface area contributed by atoms with Crippen molar-refractivity contribution in [3.63, 3.8) is 0 Å². The Morgan fingerprint density at radius 1 is 1.00 bits per heavy atom. The highest BCUT2D eigenvalue weighted by Gasteiger charge is 2.12. The molecular formula is C18H24N2O. The van der Waals surface area contributed by atoms with E-state index in [1.54, 1.807) is 7.11 Å². The van der Waals surface area contributed by atoms with Crippen molar-refractivity contribution in [2.24, 2.45) is 0 Å². The smallest absolute Gasteiger partial charge is 0.129 e. The second kappa shape index (κ2) is 6.33. The standard InChI is InChI=1S/C18H24N2O/c1-14-12-18(20-10-6-4-3-5-7-11-20)19-17-13-15(21-2)8-9-16(14)17/h8-9,12-13H,3-7,10-11H2,1-2H3. The maximum Gasteiger partial charge on any atom is 0.129 e. The van der Waals surface area contributed by atoms with E-state index in [4.69, 9.17) is 9.72 Å². The average molecular weight is 284 g/mol. The molecule has 1 fully saturated rings. The van der Waals surface area contributed by atoms with Crippen LogP contribution in [-0.2, 0) is 0 Å². The maximum absolute atomic E-state index is 5.33. The molecule has 0 radical (unpaired) electrons. The molecule has 2 aromatic rings. The summed E-state index contributed by atoms with van der Waals surface area (Å²) in [4.78, 5) is 7.34. The fraction of sp³-hybridized carbons (Fsp3) is 0.500. The van der Waals surface area contributed by atoms with Crippen molar-refractivity contribution >= 4 is 16.7 Å². The molecule has 0 atom stereocenters. The highest BCUT2D eigenvalue weighted by atomic mass is 16.5. The lowest BCUT2D eigenvalue weighted by molar-refractivity contribution is 0.415. The van der Waals surface area contributed by atoms with Gasteiger partial charge in [-0.3, -0.25) is 0 Å². The minimum absolute atomic E-state index is 0.874. The molecule has 0 unspecified atom stereocenters. The number of ether oxygens (including phenoxy) is 1. The molecule has 21 heavy (non-hydrogen) atoms. The van der Waals surface area contributed by atoms with Gasteiger partial charge in [-0.25, -0.2) is 4.98 Å². The fourth-order valence-electron chi connectivity index (χ4n) is 3.13. The van der Waals surface area contributed by atoms with Gasteiger partial charge in [0.1, 0.15) is 11.6 Å². The molecule has 0 N–H and O–H groups in total. The summed E-state index contributed by atoms with van der Waals surface area (Å²) in [6, 6.07) is 8.38. The van der Waals surface area contributed by atoms with E-state index in [1.807, 2.05) is 12.1 Å². The van der Waals surface area contributed by atoms with E-state index in [1.165, 1.54) is 43.1 Å². The average Bonchev–Trinajstić information content (AvgIpc) is 2.46. The minimum atomic E-state index is 0.874. The van der Waals surface area contributed by atoms with E-state index in [0.717, 1.165) is 30.2 Å². The number of pyridine rings is 1. The Bertz CT molecular complexity index is 616. The van der Waals surface area contributed by atoms with Crippen LogP contribution in [0.2, 0.25) is 0 Å². The van der Waals surface area contributed by atoms with Gasteiger partial charge in [0.2, 0.25) is 0 Å². The molecular weight excluding hydrogens is 260 g/mol. The summed E-state index contributed by atoms with van der Waals surface area (Å²) in [6.45, 7) is 4.42. The van der Waals surface area contributed by atoms with Crippen molar-refractivity contribution in [3.05, 3.63) is 29.8 Å². The van der Waals surface area contributed by atoms with Crippen LogP contribution < -0.4 is 9.64 Å². The molecule has 3 rings (SSSR count). The Balaban J connectivity index is 1.97. The van der Waals surface area contributed by atoms with E-state index in [2.05, 4.69) is 24.0 Å². The van der Waals surface area contributed by atoms with E-state index >= 15 is 0 Å². The van der Waals surface area contributed by atoms with Crippen molar-refractivity contribution < 1.29 is 4.74 Å². The van der Waals surface area contributed by atoms with Crippen molar-refractivity contribution in [2.45, 2.75) is 39.0 Å². The highest BCUT2D eigenvalue weighted by Crippen LogP contribution is 2.27. The first-order valence-corrected chi connectivity index (χ1v) is 7.98. The Labute approximate surface area is 126 Å². The molecule has 1 aromatic heterocycles. The zero-order valence-electron chi connectivity index (χ0n) is 13.1. The first-order valence-electron chi connectivity index (χ1n) is 7.98. The lowest BCUT2D eigenvalue weighted by atomic mass is 10.1. The molecule has 112 valence electrons. The van der Waals surface area contributed by atoms with E-state index in [9.17, 15) is 0 Å². The number of nitrogens with zero attached hydrogens (tertiary/aromatic N) is 2. The predicted octanol–water partition coefficient (Wildman–Crippen LogP) is 4.32. The number of methoxy groups -OCH3 is 1. The molecule has 0 amide bonds. The van der Waals surface area contributed by atoms with Crippen LogP contribution in [-0.4, -0.2) is 25.2 Å². The summed E-state index contributed by atoms with van der Waals surface area (Å²) in [5, 5.41) is 1.21. The van der Waals surface area contributed by atoms with Gasteiger partial charge in [0, 0.05) is 24.5 Å². The largest absolute Gasteiger partial charge is 0.497 e. The number of aromatic nitrogens is 1. The number of aryl methyl sites for hydroxylation is 1. The first kappa shape index (κ1) is 14.2. The van der Waals surface area contributed by atoms with Crippen molar-refractivity contribution in [3.8, 4) is 5.75 Å². The van der Waals surface area contributed by atoms with Gasteiger partial charge in [-0.2, -0.15) is 0 Å². The lowest BCUT2D eigenvalue weighted by Crippen LogP contribution is -2.27. The molecule has 0 spiro atoms. The third-order valence-electron chi connectivity index (χ3n) is 4.39. The quantitative estimate of drug-likeness (QED) is 0.821. The fourth-order valence-corrected chi connectivity index (χ4v) is 3.13. The molecule has 0 bridgehead atoms. The summed E-state index contributed by atoms with van der Waals surface area (Å²) in [6.07, 6.45) is 6.62. The van der Waals surface area contributed by atoms with Crippen LogP contribution in [0.5, 0.6) is 5.75 Å². The minimum Gasteiger partial charge on any atom is -0.497 e. The third kappa shape index (κ3) is 3.12. The summed E-state index contributed by atoms with van der Waals surface area (Å²) < 4.78 is 5.33. The van der Waals surface area contributed by atoms with Gasteiger partial charge in [0.25, 0.3) is 0 Å². The number of hydrogen-bond donors (Lipinski definition) is 0. The second-order valence-electron chi connectivity index (χ2n) is 5.94. The second-order valence-corrected chi connectivity index (χ2v) is 5.94. The van der Waals surface area contributed by atoms with Gasteiger partial charge in [0.15, 0.2) is 0 Å². The SMILES string of the molecule is COc1ccc2c(C)cc(N3CCCCCCC3)nc2c1. The number of fused-ring (bicyclic) bond motifs is 1. The van der Waals surface area contributed by atoms with Gasteiger partial charge in [-0.05, 0) is 43.5 Å². The molecule has 3 nitrogen and oxygen atoms in total. The normalized spacial score (nSPS) is 16.6. The van der Waals surface area contributed by atoms with Gasteiger partial charge in [-0.15, -0.1) is 0 Å². The zero-order chi connectivity index (χ0) is 14.7. The molecule has 1 aromatic carbocycles. The number of anilines is 1. The third-order valence-corrected chi connectivity index (χ3v) is 4.39. The van der Waals surface area contributed by atoms with Crippen molar-refractivity contribution in [1.29, 1.82) is 0 Å². The van der Waals surface area contributed by atoms with Gasteiger partial charge in [0.05, 0.1) is 12.6 Å². The molecule has 1 saturated heterocycles. The molecule has 0 aliphatic carbocycles. The Kier molecular flexibility index (Phi) is 4.28. The Morgan fingerprint density at radius 3 is 2.43 bits per heavy atom. The summed E-state index contributed by atoms with van der Waals surface area (Å²) in [5.41, 5.74) is 2.33. The monoisotopic (exact) mass is 284 g/mol. The number of benzene rings is 1. The topological polar surface area (TPSA) is 25.4 Å². The van der Waals surface area contributed by atoms with Gasteiger partial charge < -0.3 is 9.64 Å². The summed E-state index contributed by atoms with van der Waals surface area (Å²) in [7, 11) is 1.70. The Morgan fingerprint density at radius 2 is 1.71 bits per heavy atom. The molecule has 3 heteroatoms. The molecule has 0 saturated carbocycles. The van der Waals surface area contributed by atoms with Crippen LogP contribution >= 0.6 is 0 Å². The summed E-state index contributed by atoms with van der Waals surface area (Å²) >= 11 is 0. The molecule has 1 aliphatic heterocycles. The predicted molar refractivity (Wildman–Crippen MR) is 88.3 cm³/mol. The van der Waals surface area contributed by atoms with Crippen LogP contribution in [0.1, 0.15) is 37.7 Å². The number of rotatable bonds is 2. The van der Waals surface area contributed by atoms with Crippen molar-refractivity contribution in [2.75, 3.05) is 25.1 Å². The van der Waals surface area contributed by atoms with Crippen LogP contribution in [0.3, 0.4) is 0 Å². The van der Waals surface area contributed by atoms with Crippen LogP contribution in [0, 0.1) is 6.92 Å². The molecule has 2 heterocycles. The highest BCUT2D eigenvalue weighted by molar-refractivity contribution is 5.85. The summed E-state index contributed by atoms with van der Waals surface area (Å²) in [5.74, 6) is 1.99. The van der Waals surface area contributed by atoms with Crippen LogP contribution in [0.4, 0.5) is 5.82 Å². The lowest BCUT2D eigenvalue weighted by Gasteiger charge is -2.26. The number of hydrogen-bond acceptors (Lipinski definition) is 3. The van der Waals surface area contributed by atoms with Gasteiger partial charge >= 0.3 is 0 Å². The zero-order valence-corrected chi connectivity index (χ0v) is 13.1. The Hall–Kier alpha value is -1.77. The molecule has 1 aliphatic rings. The van der Waals surface area contributed by atoms with Crippen LogP contribution in [0.15, 0.2) is 24.3 Å². The van der Waals surface area contributed by atoms with E-state index in [0.29, 0.717) is 0 Å². The maximum atomic E-state index is 5.33. The van der Waals surface area contributed by atoms with E-state index in [-0.39, 0.29) is 0 Å². The van der Waals surface area contributed by atoms with E-state index < -0.39 is 0 Å². The van der Waals surface area contributed by atoms with Crippen molar-refractivity contribution in [1.82, 2.24) is 4.98 Å².